The molecule has 0 radical (unpaired) electrons. The van der Waals surface area contributed by atoms with Crippen LogP contribution in [0.25, 0.3) is 0 Å². The van der Waals surface area contributed by atoms with Crippen LogP contribution in [0.2, 0.25) is 0 Å². The Bertz CT molecular complexity index is 419. The number of likely N-dealkylation sites (tertiary alicyclic amines) is 1. The maximum absolute atomic E-state index is 10.6. The van der Waals surface area contributed by atoms with Gasteiger partial charge in [0.25, 0.3) is 0 Å². The molecule has 1 aliphatic rings. The second-order valence-electron chi connectivity index (χ2n) is 5.95. The van der Waals surface area contributed by atoms with E-state index in [-0.39, 0.29) is 6.42 Å². The minimum atomic E-state index is -0.688. The highest BCUT2D eigenvalue weighted by Gasteiger charge is 2.19. The van der Waals surface area contributed by atoms with Gasteiger partial charge in [0.1, 0.15) is 0 Å². The molecule has 3 heteroatoms. The fourth-order valence-corrected chi connectivity index (χ4v) is 2.88. The van der Waals surface area contributed by atoms with Crippen LogP contribution in [0.1, 0.15) is 36.8 Å². The van der Waals surface area contributed by atoms with Gasteiger partial charge in [0.15, 0.2) is 0 Å². The van der Waals surface area contributed by atoms with E-state index in [0.29, 0.717) is 6.54 Å². The van der Waals surface area contributed by atoms with Crippen LogP contribution in [0, 0.1) is 12.8 Å². The van der Waals surface area contributed by atoms with Gasteiger partial charge in [0, 0.05) is 6.54 Å². The molecule has 1 heterocycles. The Morgan fingerprint density at radius 2 is 1.90 bits per heavy atom. The molecule has 0 bridgehead atoms. The summed E-state index contributed by atoms with van der Waals surface area (Å²) in [4.78, 5) is 12.9. The molecule has 1 aromatic rings. The van der Waals surface area contributed by atoms with E-state index >= 15 is 0 Å². The van der Waals surface area contributed by atoms with Crippen molar-refractivity contribution in [2.45, 2.75) is 39.0 Å². The lowest BCUT2D eigenvalue weighted by Crippen LogP contribution is -2.35. The van der Waals surface area contributed by atoms with Crippen molar-refractivity contribution in [2.24, 2.45) is 5.92 Å². The maximum atomic E-state index is 10.6. The van der Waals surface area contributed by atoms with E-state index in [1.54, 1.807) is 0 Å². The highest BCUT2D eigenvalue weighted by Crippen LogP contribution is 2.22. The molecule has 0 spiro atoms. The predicted octanol–water partition coefficient (Wildman–Crippen LogP) is 3.11. The van der Waals surface area contributed by atoms with E-state index in [2.05, 4.69) is 36.1 Å². The highest BCUT2D eigenvalue weighted by molar-refractivity contribution is 5.66. The normalized spacial score (nSPS) is 17.2. The summed E-state index contributed by atoms with van der Waals surface area (Å²) in [5, 5.41) is 8.70. The first-order valence-corrected chi connectivity index (χ1v) is 7.63. The Morgan fingerprint density at radius 1 is 1.25 bits per heavy atom. The maximum Gasteiger partial charge on any atom is 0.304 e. The Balaban J connectivity index is 1.66. The number of carbonyl (C=O) groups is 1. The van der Waals surface area contributed by atoms with E-state index in [1.807, 2.05) is 0 Å². The van der Waals surface area contributed by atoms with Gasteiger partial charge in [-0.25, -0.2) is 0 Å². The average molecular weight is 275 g/mol. The lowest BCUT2D eigenvalue weighted by molar-refractivity contribution is -0.137. The SMILES string of the molecule is Cc1ccc(CCC2CCN(CCC(=O)O)CC2)cc1. The topological polar surface area (TPSA) is 40.5 Å². The first-order chi connectivity index (χ1) is 9.63. The molecule has 1 aromatic carbocycles. The third-order valence-corrected chi connectivity index (χ3v) is 4.31. The Labute approximate surface area is 121 Å². The quantitative estimate of drug-likeness (QED) is 0.867. The zero-order chi connectivity index (χ0) is 14.4. The molecule has 0 aromatic heterocycles. The summed E-state index contributed by atoms with van der Waals surface area (Å²) in [6.07, 6.45) is 5.13. The van der Waals surface area contributed by atoms with Gasteiger partial charge in [-0.15, -0.1) is 0 Å². The first kappa shape index (κ1) is 15.0. The summed E-state index contributed by atoms with van der Waals surface area (Å²) < 4.78 is 0. The smallest absolute Gasteiger partial charge is 0.304 e. The van der Waals surface area contributed by atoms with Gasteiger partial charge in [0.05, 0.1) is 6.42 Å². The zero-order valence-corrected chi connectivity index (χ0v) is 12.3. The number of aliphatic carboxylic acids is 1. The van der Waals surface area contributed by atoms with E-state index in [0.717, 1.165) is 19.0 Å². The number of carboxylic acids is 1. The number of rotatable bonds is 6. The van der Waals surface area contributed by atoms with E-state index < -0.39 is 5.97 Å². The van der Waals surface area contributed by atoms with Crippen molar-refractivity contribution in [1.29, 1.82) is 0 Å². The molecule has 20 heavy (non-hydrogen) atoms. The molecule has 1 fully saturated rings. The fraction of sp³-hybridized carbons (Fsp3) is 0.588. The lowest BCUT2D eigenvalue weighted by atomic mass is 9.90. The van der Waals surface area contributed by atoms with Crippen LogP contribution in [0.4, 0.5) is 0 Å². The molecule has 0 unspecified atom stereocenters. The summed E-state index contributed by atoms with van der Waals surface area (Å²) in [6.45, 7) is 4.95. The highest BCUT2D eigenvalue weighted by atomic mass is 16.4. The largest absolute Gasteiger partial charge is 0.481 e. The molecular weight excluding hydrogens is 250 g/mol. The molecule has 110 valence electrons. The van der Waals surface area contributed by atoms with Crippen LogP contribution in [0.5, 0.6) is 0 Å². The van der Waals surface area contributed by atoms with E-state index in [9.17, 15) is 4.79 Å². The van der Waals surface area contributed by atoms with Gasteiger partial charge in [-0.05, 0) is 57.2 Å². The molecule has 0 atom stereocenters. The van der Waals surface area contributed by atoms with E-state index in [1.165, 1.54) is 36.8 Å². The van der Waals surface area contributed by atoms with Gasteiger partial charge in [-0.1, -0.05) is 29.8 Å². The minimum Gasteiger partial charge on any atom is -0.481 e. The average Bonchev–Trinajstić information content (AvgIpc) is 2.45. The number of piperidine rings is 1. The van der Waals surface area contributed by atoms with E-state index in [4.69, 9.17) is 5.11 Å². The van der Waals surface area contributed by atoms with Gasteiger partial charge < -0.3 is 10.0 Å². The van der Waals surface area contributed by atoms with Crippen molar-refractivity contribution in [1.82, 2.24) is 4.90 Å². The van der Waals surface area contributed by atoms with Crippen LogP contribution in [-0.4, -0.2) is 35.6 Å². The lowest BCUT2D eigenvalue weighted by Gasteiger charge is -2.31. The van der Waals surface area contributed by atoms with Crippen LogP contribution < -0.4 is 0 Å². The molecular formula is C17H25NO2. The Kier molecular flexibility index (Phi) is 5.60. The van der Waals surface area contributed by atoms with Crippen LogP contribution >= 0.6 is 0 Å². The second-order valence-corrected chi connectivity index (χ2v) is 5.95. The van der Waals surface area contributed by atoms with Gasteiger partial charge in [-0.3, -0.25) is 4.79 Å². The van der Waals surface area contributed by atoms with Crippen LogP contribution in [-0.2, 0) is 11.2 Å². The predicted molar refractivity (Wildman–Crippen MR) is 80.9 cm³/mol. The monoisotopic (exact) mass is 275 g/mol. The third-order valence-electron chi connectivity index (χ3n) is 4.31. The minimum absolute atomic E-state index is 0.272. The summed E-state index contributed by atoms with van der Waals surface area (Å²) in [5.74, 6) is 0.115. The molecule has 2 rings (SSSR count). The van der Waals surface area contributed by atoms with Crippen LogP contribution in [0.15, 0.2) is 24.3 Å². The van der Waals surface area contributed by atoms with Crippen molar-refractivity contribution in [3.63, 3.8) is 0 Å². The molecule has 0 aliphatic carbocycles. The standard InChI is InChI=1S/C17H25NO2/c1-14-2-4-15(5-3-14)6-7-16-8-11-18(12-9-16)13-10-17(19)20/h2-5,16H,6-13H2,1H3,(H,19,20). The summed E-state index contributed by atoms with van der Waals surface area (Å²) in [7, 11) is 0. The second kappa shape index (κ2) is 7.44. The third kappa shape index (κ3) is 4.97. The van der Waals surface area contributed by atoms with Gasteiger partial charge >= 0.3 is 5.97 Å². The number of aryl methyl sites for hydroxylation is 2. The Morgan fingerprint density at radius 3 is 2.50 bits per heavy atom. The molecule has 1 aliphatic heterocycles. The van der Waals surface area contributed by atoms with Crippen molar-refractivity contribution < 1.29 is 9.90 Å². The van der Waals surface area contributed by atoms with Gasteiger partial charge in [-0.2, -0.15) is 0 Å². The number of benzene rings is 1. The molecule has 3 nitrogen and oxygen atoms in total. The molecule has 0 saturated carbocycles. The van der Waals surface area contributed by atoms with Crippen molar-refractivity contribution in [3.8, 4) is 0 Å². The van der Waals surface area contributed by atoms with Crippen molar-refractivity contribution in [2.75, 3.05) is 19.6 Å². The number of carboxylic acid groups (broad SMARTS) is 1. The summed E-state index contributed by atoms with van der Waals surface area (Å²) >= 11 is 0. The first-order valence-electron chi connectivity index (χ1n) is 7.63. The zero-order valence-electron chi connectivity index (χ0n) is 12.3. The van der Waals surface area contributed by atoms with Gasteiger partial charge in [0.2, 0.25) is 0 Å². The molecule has 0 amide bonds. The number of hydrogen-bond acceptors (Lipinski definition) is 2. The Hall–Kier alpha value is -1.35. The van der Waals surface area contributed by atoms with Crippen molar-refractivity contribution in [3.05, 3.63) is 35.4 Å². The fourth-order valence-electron chi connectivity index (χ4n) is 2.88. The summed E-state index contributed by atoms with van der Waals surface area (Å²) in [6, 6.07) is 8.84. The van der Waals surface area contributed by atoms with Crippen LogP contribution in [0.3, 0.4) is 0 Å². The number of hydrogen-bond donors (Lipinski definition) is 1. The summed E-state index contributed by atoms with van der Waals surface area (Å²) in [5.41, 5.74) is 2.75. The molecule has 1 N–H and O–H groups in total. The number of nitrogens with zero attached hydrogens (tertiary/aromatic N) is 1. The van der Waals surface area contributed by atoms with Crippen molar-refractivity contribution >= 4 is 5.97 Å². The molecule has 1 saturated heterocycles.